The van der Waals surface area contributed by atoms with Crippen LogP contribution in [0.4, 0.5) is 0 Å². The van der Waals surface area contributed by atoms with Gasteiger partial charge in [0.25, 0.3) is 0 Å². The Bertz CT molecular complexity index is 454. The van der Waals surface area contributed by atoms with Crippen LogP contribution in [0.3, 0.4) is 0 Å². The quantitative estimate of drug-likeness (QED) is 0.834. The van der Waals surface area contributed by atoms with Crippen molar-refractivity contribution in [2.75, 3.05) is 33.8 Å². The Morgan fingerprint density at radius 3 is 3.10 bits per heavy atom. The molecule has 0 radical (unpaired) electrons. The maximum Gasteiger partial charge on any atom is 0.374 e. The smallest absolute Gasteiger partial charge is 0.374 e. The van der Waals surface area contributed by atoms with Crippen molar-refractivity contribution in [2.24, 2.45) is 5.92 Å². The van der Waals surface area contributed by atoms with Crippen LogP contribution in [-0.2, 0) is 11.3 Å². The number of furan rings is 1. The second kappa shape index (κ2) is 6.90. The number of piperidine rings is 1. The SMILES string of the molecule is CNCC1CCCN(Cc2cc(C)c(C(=O)OC)o2)C1. The van der Waals surface area contributed by atoms with Gasteiger partial charge in [-0.25, -0.2) is 4.79 Å². The summed E-state index contributed by atoms with van der Waals surface area (Å²) in [6.45, 7) is 5.86. The summed E-state index contributed by atoms with van der Waals surface area (Å²) in [6.07, 6.45) is 2.50. The van der Waals surface area contributed by atoms with Crippen molar-refractivity contribution in [1.29, 1.82) is 0 Å². The molecule has 5 nitrogen and oxygen atoms in total. The Kier molecular flexibility index (Phi) is 5.20. The normalized spacial score (nSPS) is 20.1. The molecule has 1 aromatic heterocycles. The van der Waals surface area contributed by atoms with E-state index >= 15 is 0 Å². The van der Waals surface area contributed by atoms with Crippen molar-refractivity contribution in [1.82, 2.24) is 10.2 Å². The molecule has 2 rings (SSSR count). The van der Waals surface area contributed by atoms with Crippen LogP contribution in [0.5, 0.6) is 0 Å². The molecule has 2 heterocycles. The lowest BCUT2D eigenvalue weighted by atomic mass is 9.98. The number of carbonyl (C=O) groups excluding carboxylic acids is 1. The molecule has 1 aliphatic rings. The number of esters is 1. The topological polar surface area (TPSA) is 54.7 Å². The molecule has 0 bridgehead atoms. The van der Waals surface area contributed by atoms with Gasteiger partial charge in [0, 0.05) is 12.1 Å². The molecule has 0 aromatic carbocycles. The van der Waals surface area contributed by atoms with Gasteiger partial charge in [-0.05, 0) is 51.9 Å². The first-order chi connectivity index (χ1) is 9.63. The number of aryl methyl sites for hydroxylation is 1. The van der Waals surface area contributed by atoms with Crippen molar-refractivity contribution in [2.45, 2.75) is 26.3 Å². The maximum atomic E-state index is 11.5. The molecule has 1 saturated heterocycles. The van der Waals surface area contributed by atoms with Crippen LogP contribution in [0.25, 0.3) is 0 Å². The number of likely N-dealkylation sites (tertiary alicyclic amines) is 1. The van der Waals surface area contributed by atoms with Crippen LogP contribution in [0.15, 0.2) is 10.5 Å². The summed E-state index contributed by atoms with van der Waals surface area (Å²) in [5, 5.41) is 3.25. The number of methoxy groups -OCH3 is 1. The Morgan fingerprint density at radius 2 is 2.40 bits per heavy atom. The zero-order chi connectivity index (χ0) is 14.5. The molecule has 0 amide bonds. The third kappa shape index (κ3) is 3.61. The average molecular weight is 280 g/mol. The molecule has 1 unspecified atom stereocenters. The number of hydrogen-bond donors (Lipinski definition) is 1. The van der Waals surface area contributed by atoms with Crippen LogP contribution in [0.2, 0.25) is 0 Å². The van der Waals surface area contributed by atoms with Gasteiger partial charge >= 0.3 is 5.97 Å². The van der Waals surface area contributed by atoms with Crippen LogP contribution in [0, 0.1) is 12.8 Å². The minimum atomic E-state index is -0.402. The first kappa shape index (κ1) is 15.1. The summed E-state index contributed by atoms with van der Waals surface area (Å²) in [7, 11) is 3.37. The molecule has 5 heteroatoms. The molecule has 1 fully saturated rings. The van der Waals surface area contributed by atoms with Gasteiger partial charge < -0.3 is 14.5 Å². The number of rotatable bonds is 5. The van der Waals surface area contributed by atoms with E-state index in [1.54, 1.807) is 0 Å². The zero-order valence-electron chi connectivity index (χ0n) is 12.6. The third-order valence-corrected chi connectivity index (χ3v) is 3.81. The Labute approximate surface area is 120 Å². The van der Waals surface area contributed by atoms with Crippen molar-refractivity contribution in [3.8, 4) is 0 Å². The van der Waals surface area contributed by atoms with E-state index in [1.165, 1.54) is 20.0 Å². The van der Waals surface area contributed by atoms with E-state index in [4.69, 9.17) is 9.15 Å². The minimum Gasteiger partial charge on any atom is -0.463 e. The fourth-order valence-electron chi connectivity index (χ4n) is 2.89. The molecule has 0 spiro atoms. The average Bonchev–Trinajstić information content (AvgIpc) is 2.79. The second-order valence-corrected chi connectivity index (χ2v) is 5.52. The van der Waals surface area contributed by atoms with Gasteiger partial charge in [-0.1, -0.05) is 0 Å². The summed E-state index contributed by atoms with van der Waals surface area (Å²) in [5.41, 5.74) is 0.843. The van der Waals surface area contributed by atoms with Gasteiger partial charge in [-0.15, -0.1) is 0 Å². The van der Waals surface area contributed by atoms with E-state index in [0.29, 0.717) is 11.7 Å². The number of carbonyl (C=O) groups is 1. The van der Waals surface area contributed by atoms with E-state index in [0.717, 1.165) is 37.5 Å². The molecule has 0 saturated carbocycles. The monoisotopic (exact) mass is 280 g/mol. The lowest BCUT2D eigenvalue weighted by molar-refractivity contribution is 0.0558. The molecule has 1 aromatic rings. The molecule has 1 atom stereocenters. The highest BCUT2D eigenvalue weighted by atomic mass is 16.5. The number of ether oxygens (including phenoxy) is 1. The van der Waals surface area contributed by atoms with E-state index < -0.39 is 5.97 Å². The molecule has 112 valence electrons. The van der Waals surface area contributed by atoms with E-state index in [9.17, 15) is 4.79 Å². The number of hydrogen-bond acceptors (Lipinski definition) is 5. The summed E-state index contributed by atoms with van der Waals surface area (Å²) in [4.78, 5) is 13.9. The molecule has 0 aliphatic carbocycles. The lowest BCUT2D eigenvalue weighted by Gasteiger charge is -2.31. The highest BCUT2D eigenvalue weighted by Gasteiger charge is 2.22. The number of nitrogens with one attached hydrogen (secondary N) is 1. The van der Waals surface area contributed by atoms with Crippen molar-refractivity contribution >= 4 is 5.97 Å². The van der Waals surface area contributed by atoms with Crippen molar-refractivity contribution < 1.29 is 13.9 Å². The first-order valence-corrected chi connectivity index (χ1v) is 7.18. The molecular weight excluding hydrogens is 256 g/mol. The molecular formula is C15H24N2O3. The fourth-order valence-corrected chi connectivity index (χ4v) is 2.89. The second-order valence-electron chi connectivity index (χ2n) is 5.52. The van der Waals surface area contributed by atoms with Gasteiger partial charge in [0.05, 0.1) is 13.7 Å². The molecule has 1 N–H and O–H groups in total. The maximum absolute atomic E-state index is 11.5. The van der Waals surface area contributed by atoms with Crippen LogP contribution in [0.1, 0.15) is 34.7 Å². The van der Waals surface area contributed by atoms with Crippen LogP contribution in [-0.4, -0.2) is 44.7 Å². The van der Waals surface area contributed by atoms with Crippen LogP contribution >= 0.6 is 0 Å². The summed E-state index contributed by atoms with van der Waals surface area (Å²) in [6, 6.07) is 1.94. The predicted octanol–water partition coefficient (Wildman–Crippen LogP) is 1.81. The Morgan fingerprint density at radius 1 is 1.60 bits per heavy atom. The van der Waals surface area contributed by atoms with Crippen molar-refractivity contribution in [3.05, 3.63) is 23.2 Å². The lowest BCUT2D eigenvalue weighted by Crippen LogP contribution is -2.38. The summed E-state index contributed by atoms with van der Waals surface area (Å²) in [5.74, 6) is 1.46. The minimum absolute atomic E-state index is 0.325. The van der Waals surface area contributed by atoms with Gasteiger partial charge in [0.1, 0.15) is 5.76 Å². The van der Waals surface area contributed by atoms with Gasteiger partial charge in [0.2, 0.25) is 5.76 Å². The highest BCUT2D eigenvalue weighted by molar-refractivity contribution is 5.87. The summed E-state index contributed by atoms with van der Waals surface area (Å²) < 4.78 is 10.3. The first-order valence-electron chi connectivity index (χ1n) is 7.18. The Balaban J connectivity index is 1.97. The van der Waals surface area contributed by atoms with E-state index in [2.05, 4.69) is 10.2 Å². The standard InChI is InChI=1S/C15H24N2O3/c1-11-7-13(20-14(11)15(18)19-3)10-17-6-4-5-12(9-17)8-16-2/h7,12,16H,4-6,8-10H2,1-3H3. The fraction of sp³-hybridized carbons (Fsp3) is 0.667. The van der Waals surface area contributed by atoms with Gasteiger partial charge in [-0.2, -0.15) is 0 Å². The molecule has 20 heavy (non-hydrogen) atoms. The van der Waals surface area contributed by atoms with Gasteiger partial charge in [0.15, 0.2) is 0 Å². The predicted molar refractivity (Wildman–Crippen MR) is 76.7 cm³/mol. The Hall–Kier alpha value is -1.33. The highest BCUT2D eigenvalue weighted by Crippen LogP contribution is 2.21. The number of nitrogens with zero attached hydrogens (tertiary/aromatic N) is 1. The zero-order valence-corrected chi connectivity index (χ0v) is 12.6. The van der Waals surface area contributed by atoms with Crippen molar-refractivity contribution in [3.63, 3.8) is 0 Å². The van der Waals surface area contributed by atoms with Crippen LogP contribution < -0.4 is 5.32 Å². The third-order valence-electron chi connectivity index (χ3n) is 3.81. The largest absolute Gasteiger partial charge is 0.463 e. The van der Waals surface area contributed by atoms with E-state index in [-0.39, 0.29) is 0 Å². The summed E-state index contributed by atoms with van der Waals surface area (Å²) >= 11 is 0. The van der Waals surface area contributed by atoms with Gasteiger partial charge in [-0.3, -0.25) is 4.90 Å². The van der Waals surface area contributed by atoms with E-state index in [1.807, 2.05) is 20.0 Å². The molecule has 1 aliphatic heterocycles.